The van der Waals surface area contributed by atoms with Crippen LogP contribution >= 0.6 is 0 Å². The highest BCUT2D eigenvalue weighted by Crippen LogP contribution is 2.24. The van der Waals surface area contributed by atoms with Crippen LogP contribution in [0.3, 0.4) is 0 Å². The van der Waals surface area contributed by atoms with E-state index in [4.69, 9.17) is 5.11 Å². The molecule has 6 heteroatoms. The van der Waals surface area contributed by atoms with Crippen LogP contribution in [-0.2, 0) is 4.79 Å². The van der Waals surface area contributed by atoms with Crippen molar-refractivity contribution in [1.29, 1.82) is 0 Å². The van der Waals surface area contributed by atoms with Gasteiger partial charge in [0, 0.05) is 18.9 Å². The second-order valence-electron chi connectivity index (χ2n) is 5.64. The van der Waals surface area contributed by atoms with Gasteiger partial charge in [-0.1, -0.05) is 20.8 Å². The minimum atomic E-state index is -0.903. The van der Waals surface area contributed by atoms with E-state index in [-0.39, 0.29) is 17.9 Å². The molecular formula is C13H19N3O3. The van der Waals surface area contributed by atoms with Crippen molar-refractivity contribution in [2.24, 2.45) is 11.3 Å². The molecule has 0 fully saturated rings. The second kappa shape index (κ2) is 6.26. The van der Waals surface area contributed by atoms with Gasteiger partial charge in [-0.3, -0.25) is 9.59 Å². The molecule has 0 saturated carbocycles. The standard InChI is InChI=1S/C13H19N3O3/c1-13(2,3)4-9(12(18)19)7-16-11(17)10-5-14-8-15-6-10/h5-6,8-9H,4,7H2,1-3H3,(H,16,17)(H,18,19). The zero-order chi connectivity index (χ0) is 14.5. The van der Waals surface area contributed by atoms with Gasteiger partial charge in [0.2, 0.25) is 0 Å². The van der Waals surface area contributed by atoms with E-state index in [0.717, 1.165) is 0 Å². The summed E-state index contributed by atoms with van der Waals surface area (Å²) < 4.78 is 0. The Morgan fingerprint density at radius 2 is 1.89 bits per heavy atom. The minimum Gasteiger partial charge on any atom is -0.481 e. The van der Waals surface area contributed by atoms with Crippen LogP contribution in [-0.4, -0.2) is 33.5 Å². The van der Waals surface area contributed by atoms with Crippen molar-refractivity contribution in [1.82, 2.24) is 15.3 Å². The van der Waals surface area contributed by atoms with E-state index in [1.165, 1.54) is 18.7 Å². The Bertz CT molecular complexity index is 440. The van der Waals surface area contributed by atoms with Crippen molar-refractivity contribution in [2.75, 3.05) is 6.54 Å². The molecule has 2 N–H and O–H groups in total. The first-order chi connectivity index (χ1) is 8.79. The van der Waals surface area contributed by atoms with Crippen LogP contribution in [0, 0.1) is 11.3 Å². The quantitative estimate of drug-likeness (QED) is 0.838. The zero-order valence-corrected chi connectivity index (χ0v) is 11.4. The molecule has 1 rings (SSSR count). The molecule has 0 bridgehead atoms. The molecule has 1 aromatic rings. The van der Waals surface area contributed by atoms with Crippen LogP contribution < -0.4 is 5.32 Å². The summed E-state index contributed by atoms with van der Waals surface area (Å²) in [6.07, 6.45) is 4.61. The maximum Gasteiger partial charge on any atom is 0.308 e. The molecular weight excluding hydrogens is 246 g/mol. The number of nitrogens with zero attached hydrogens (tertiary/aromatic N) is 2. The molecule has 0 aliphatic heterocycles. The van der Waals surface area contributed by atoms with Crippen molar-refractivity contribution in [3.8, 4) is 0 Å². The lowest BCUT2D eigenvalue weighted by Crippen LogP contribution is -2.35. The SMILES string of the molecule is CC(C)(C)CC(CNC(=O)c1cncnc1)C(=O)O. The fourth-order valence-electron chi connectivity index (χ4n) is 1.72. The van der Waals surface area contributed by atoms with Gasteiger partial charge in [-0.25, -0.2) is 9.97 Å². The Hall–Kier alpha value is -1.98. The smallest absolute Gasteiger partial charge is 0.308 e. The summed E-state index contributed by atoms with van der Waals surface area (Å²) in [6, 6.07) is 0. The maximum absolute atomic E-state index is 11.8. The summed E-state index contributed by atoms with van der Waals surface area (Å²) >= 11 is 0. The molecule has 1 unspecified atom stereocenters. The molecule has 6 nitrogen and oxygen atoms in total. The van der Waals surface area contributed by atoms with E-state index >= 15 is 0 Å². The summed E-state index contributed by atoms with van der Waals surface area (Å²) in [7, 11) is 0. The van der Waals surface area contributed by atoms with Gasteiger partial charge in [-0.2, -0.15) is 0 Å². The largest absolute Gasteiger partial charge is 0.481 e. The molecule has 0 aliphatic rings. The summed E-state index contributed by atoms with van der Waals surface area (Å²) in [5.74, 6) is -1.87. The third-order valence-electron chi connectivity index (χ3n) is 2.54. The average Bonchev–Trinajstić information content (AvgIpc) is 2.33. The Morgan fingerprint density at radius 3 is 2.37 bits per heavy atom. The molecule has 1 heterocycles. The van der Waals surface area contributed by atoms with Gasteiger partial charge in [0.25, 0.3) is 5.91 Å². The van der Waals surface area contributed by atoms with Crippen molar-refractivity contribution in [2.45, 2.75) is 27.2 Å². The Kier molecular flexibility index (Phi) is 4.97. The Labute approximate surface area is 112 Å². The zero-order valence-electron chi connectivity index (χ0n) is 11.4. The van der Waals surface area contributed by atoms with Gasteiger partial charge in [-0.05, 0) is 11.8 Å². The predicted molar refractivity (Wildman–Crippen MR) is 69.6 cm³/mol. The molecule has 0 saturated heterocycles. The normalized spacial score (nSPS) is 12.8. The van der Waals surface area contributed by atoms with Gasteiger partial charge >= 0.3 is 5.97 Å². The van der Waals surface area contributed by atoms with Crippen molar-refractivity contribution >= 4 is 11.9 Å². The van der Waals surface area contributed by atoms with Crippen LogP contribution in [0.1, 0.15) is 37.6 Å². The first-order valence-electron chi connectivity index (χ1n) is 6.05. The van der Waals surface area contributed by atoms with Crippen LogP contribution in [0.2, 0.25) is 0 Å². The summed E-state index contributed by atoms with van der Waals surface area (Å²) in [4.78, 5) is 30.4. The maximum atomic E-state index is 11.8. The van der Waals surface area contributed by atoms with Crippen LogP contribution in [0.15, 0.2) is 18.7 Å². The number of nitrogens with one attached hydrogen (secondary N) is 1. The Morgan fingerprint density at radius 1 is 1.32 bits per heavy atom. The monoisotopic (exact) mass is 265 g/mol. The van der Waals surface area contributed by atoms with Crippen molar-refractivity contribution in [3.63, 3.8) is 0 Å². The van der Waals surface area contributed by atoms with E-state index in [9.17, 15) is 9.59 Å². The number of amides is 1. The number of aliphatic carboxylic acids is 1. The summed E-state index contributed by atoms with van der Waals surface area (Å²) in [5, 5.41) is 11.7. The first-order valence-corrected chi connectivity index (χ1v) is 6.05. The van der Waals surface area contributed by atoms with E-state index < -0.39 is 11.9 Å². The molecule has 1 aromatic heterocycles. The van der Waals surface area contributed by atoms with Crippen LogP contribution in [0.4, 0.5) is 0 Å². The van der Waals surface area contributed by atoms with Crippen LogP contribution in [0.25, 0.3) is 0 Å². The molecule has 1 amide bonds. The lowest BCUT2D eigenvalue weighted by atomic mass is 9.84. The van der Waals surface area contributed by atoms with E-state index in [1.807, 2.05) is 20.8 Å². The van der Waals surface area contributed by atoms with E-state index in [2.05, 4.69) is 15.3 Å². The van der Waals surface area contributed by atoms with Crippen molar-refractivity contribution in [3.05, 3.63) is 24.3 Å². The topological polar surface area (TPSA) is 92.2 Å². The highest BCUT2D eigenvalue weighted by molar-refractivity contribution is 5.93. The molecule has 0 spiro atoms. The third kappa shape index (κ3) is 5.46. The van der Waals surface area contributed by atoms with Gasteiger partial charge in [0.15, 0.2) is 0 Å². The van der Waals surface area contributed by atoms with Crippen LogP contribution in [0.5, 0.6) is 0 Å². The number of hydrogen-bond donors (Lipinski definition) is 2. The Balaban J connectivity index is 2.58. The average molecular weight is 265 g/mol. The predicted octanol–water partition coefficient (Wildman–Crippen LogP) is 1.34. The molecule has 19 heavy (non-hydrogen) atoms. The minimum absolute atomic E-state index is 0.0976. The number of carbonyl (C=O) groups excluding carboxylic acids is 1. The number of carbonyl (C=O) groups is 2. The number of hydrogen-bond acceptors (Lipinski definition) is 4. The fraction of sp³-hybridized carbons (Fsp3) is 0.538. The third-order valence-corrected chi connectivity index (χ3v) is 2.54. The lowest BCUT2D eigenvalue weighted by Gasteiger charge is -2.23. The molecule has 0 aromatic carbocycles. The summed E-state index contributed by atoms with van der Waals surface area (Å²) in [5.41, 5.74) is 0.214. The number of rotatable bonds is 5. The number of aromatic nitrogens is 2. The van der Waals surface area contributed by atoms with Gasteiger partial charge < -0.3 is 10.4 Å². The van der Waals surface area contributed by atoms with Crippen molar-refractivity contribution < 1.29 is 14.7 Å². The molecule has 0 aliphatic carbocycles. The fourth-order valence-corrected chi connectivity index (χ4v) is 1.72. The van der Waals surface area contributed by atoms with Gasteiger partial charge in [0.05, 0.1) is 11.5 Å². The highest BCUT2D eigenvalue weighted by Gasteiger charge is 2.25. The first kappa shape index (κ1) is 15.1. The summed E-state index contributed by atoms with van der Waals surface area (Å²) in [6.45, 7) is 6.00. The second-order valence-corrected chi connectivity index (χ2v) is 5.64. The van der Waals surface area contributed by atoms with E-state index in [1.54, 1.807) is 0 Å². The lowest BCUT2D eigenvalue weighted by molar-refractivity contribution is -0.142. The van der Waals surface area contributed by atoms with Gasteiger partial charge in [-0.15, -0.1) is 0 Å². The van der Waals surface area contributed by atoms with Gasteiger partial charge in [0.1, 0.15) is 6.33 Å². The van der Waals surface area contributed by atoms with E-state index in [0.29, 0.717) is 12.0 Å². The number of carboxylic acids is 1. The number of carboxylic acid groups (broad SMARTS) is 1. The molecule has 104 valence electrons. The molecule has 0 radical (unpaired) electrons. The highest BCUT2D eigenvalue weighted by atomic mass is 16.4. The molecule has 1 atom stereocenters.